The molecule has 246 valence electrons. The molecule has 0 aromatic heterocycles. The van der Waals surface area contributed by atoms with Crippen LogP contribution in [0, 0.1) is 16.2 Å². The van der Waals surface area contributed by atoms with Crippen molar-refractivity contribution < 1.29 is 17.5 Å². The van der Waals surface area contributed by atoms with Crippen LogP contribution in [0.2, 0.25) is 0 Å². The molecular formula is C37H47FN4O3S. The Kier molecular flexibility index (Phi) is 11.6. The van der Waals surface area contributed by atoms with Crippen molar-refractivity contribution in [3.05, 3.63) is 81.7 Å². The van der Waals surface area contributed by atoms with E-state index in [1.807, 2.05) is 12.1 Å². The van der Waals surface area contributed by atoms with E-state index in [-0.39, 0.29) is 22.0 Å². The molecule has 46 heavy (non-hydrogen) atoms. The first-order valence-electron chi connectivity index (χ1n) is 16.2. The molecular weight excluding hydrogens is 599 g/mol. The Bertz CT molecular complexity index is 1790. The zero-order valence-corrected chi connectivity index (χ0v) is 28.5. The van der Waals surface area contributed by atoms with Gasteiger partial charge in [-0.15, -0.1) is 0 Å². The standard InChI is InChI=1S/C37H47FN4O3S/c1-6-8-9-10-22-41-46(43,44)29-18-16-28(17-19-29)45-31(24-37(3,4)5)32-27(20-21-38)23-30-34(36(40)42-35(30)39)33(32)26-14-12-25(11-7-2)13-15-26/h12-20,23,41H,6-11,21-22,24H2,1-5H3,(H3,39,40,42)/b27-20-,32-31-. The van der Waals surface area contributed by atoms with Crippen molar-refractivity contribution in [2.24, 2.45) is 5.41 Å². The molecule has 4 rings (SSSR count). The molecule has 0 saturated carbocycles. The van der Waals surface area contributed by atoms with Gasteiger partial charge < -0.3 is 10.1 Å². The second-order valence-corrected chi connectivity index (χ2v) is 14.8. The molecule has 0 amide bonds. The van der Waals surface area contributed by atoms with Crippen LogP contribution in [-0.2, 0) is 16.4 Å². The topological polar surface area (TPSA) is 115 Å². The molecule has 3 aromatic rings. The molecule has 9 heteroatoms. The number of benzene rings is 3. The van der Waals surface area contributed by atoms with Crippen LogP contribution >= 0.6 is 0 Å². The highest BCUT2D eigenvalue weighted by molar-refractivity contribution is 7.89. The lowest BCUT2D eigenvalue weighted by molar-refractivity contribution is 0.370. The third kappa shape index (κ3) is 8.50. The first kappa shape index (κ1) is 35.0. The molecule has 4 N–H and O–H groups in total. The van der Waals surface area contributed by atoms with Gasteiger partial charge in [-0.3, -0.25) is 10.8 Å². The smallest absolute Gasteiger partial charge is 0.240 e. The average Bonchev–Trinajstić information content (AvgIpc) is 3.28. The molecule has 0 fully saturated rings. The van der Waals surface area contributed by atoms with E-state index in [0.29, 0.717) is 51.6 Å². The van der Waals surface area contributed by atoms with Crippen LogP contribution in [0.1, 0.15) is 89.8 Å². The number of amidine groups is 2. The Hall–Kier alpha value is -3.82. The molecule has 3 aromatic carbocycles. The maximum absolute atomic E-state index is 14.1. The summed E-state index contributed by atoms with van der Waals surface area (Å²) in [7, 11) is -3.67. The summed E-state index contributed by atoms with van der Waals surface area (Å²) in [5.74, 6) is 1.21. The minimum Gasteiger partial charge on any atom is -0.461 e. The summed E-state index contributed by atoms with van der Waals surface area (Å²) >= 11 is 0. The summed E-state index contributed by atoms with van der Waals surface area (Å²) in [5, 5.41) is 21.4. The summed E-state index contributed by atoms with van der Waals surface area (Å²) in [4.78, 5) is 0.155. The zero-order valence-electron chi connectivity index (χ0n) is 27.6. The van der Waals surface area contributed by atoms with Crippen molar-refractivity contribution in [2.45, 2.75) is 84.5 Å². The number of alkyl halides is 1. The van der Waals surface area contributed by atoms with Crippen molar-refractivity contribution in [1.82, 2.24) is 10.0 Å². The highest BCUT2D eigenvalue weighted by Gasteiger charge is 2.28. The third-order valence-corrected chi connectivity index (χ3v) is 9.35. The second-order valence-electron chi connectivity index (χ2n) is 13.0. The lowest BCUT2D eigenvalue weighted by Gasteiger charge is -2.23. The van der Waals surface area contributed by atoms with E-state index < -0.39 is 16.7 Å². The van der Waals surface area contributed by atoms with Gasteiger partial charge in [-0.1, -0.05) is 84.6 Å². The van der Waals surface area contributed by atoms with E-state index >= 15 is 0 Å². The van der Waals surface area contributed by atoms with Gasteiger partial charge in [0.05, 0.1) is 4.90 Å². The largest absolute Gasteiger partial charge is 0.461 e. The van der Waals surface area contributed by atoms with Crippen LogP contribution in [0.25, 0.3) is 23.0 Å². The summed E-state index contributed by atoms with van der Waals surface area (Å²) in [6, 6.07) is 16.3. The van der Waals surface area contributed by atoms with Gasteiger partial charge in [0, 0.05) is 34.9 Å². The predicted octanol–water partition coefficient (Wildman–Crippen LogP) is 6.79. The highest BCUT2D eigenvalue weighted by Crippen LogP contribution is 2.31. The summed E-state index contributed by atoms with van der Waals surface area (Å²) in [5.41, 5.74) is 3.59. The first-order valence-corrected chi connectivity index (χ1v) is 17.6. The van der Waals surface area contributed by atoms with Crippen molar-refractivity contribution in [3.8, 4) is 16.9 Å². The van der Waals surface area contributed by atoms with E-state index in [2.05, 4.69) is 56.8 Å². The Morgan fingerprint density at radius 1 is 0.935 bits per heavy atom. The molecule has 0 unspecified atom stereocenters. The SMILES string of the molecule is CCCCCCNS(=O)(=O)c1ccc(O/C(CC(C)(C)C)=c2\c(-c3ccc(CCC)cc3)c3c(c\c2=C\CF)C(=N)NC3=N)cc1. The van der Waals surface area contributed by atoms with Gasteiger partial charge in [0.1, 0.15) is 29.9 Å². The van der Waals surface area contributed by atoms with Gasteiger partial charge in [-0.25, -0.2) is 17.5 Å². The molecule has 0 atom stereocenters. The second kappa shape index (κ2) is 15.2. The minimum atomic E-state index is -3.67. The summed E-state index contributed by atoms with van der Waals surface area (Å²) in [6.45, 7) is 10.2. The molecule has 0 saturated heterocycles. The van der Waals surface area contributed by atoms with Crippen molar-refractivity contribution in [2.75, 3.05) is 13.2 Å². The van der Waals surface area contributed by atoms with Gasteiger partial charge >= 0.3 is 0 Å². The Morgan fingerprint density at radius 3 is 2.24 bits per heavy atom. The minimum absolute atomic E-state index is 0.0953. The highest BCUT2D eigenvalue weighted by atomic mass is 32.2. The number of unbranched alkanes of at least 4 members (excludes halogenated alkanes) is 3. The number of ether oxygens (including phenoxy) is 1. The number of aryl methyl sites for hydroxylation is 1. The van der Waals surface area contributed by atoms with Crippen LogP contribution in [-0.4, -0.2) is 33.3 Å². The van der Waals surface area contributed by atoms with Crippen molar-refractivity contribution in [1.29, 1.82) is 10.8 Å². The first-order chi connectivity index (χ1) is 21.9. The lowest BCUT2D eigenvalue weighted by atomic mass is 9.87. The molecule has 1 aliphatic heterocycles. The number of fused-ring (bicyclic) bond motifs is 1. The number of hydrogen-bond acceptors (Lipinski definition) is 5. The number of hydrogen-bond donors (Lipinski definition) is 4. The molecule has 0 radical (unpaired) electrons. The summed E-state index contributed by atoms with van der Waals surface area (Å²) in [6.07, 6.45) is 7.82. The van der Waals surface area contributed by atoms with E-state index in [9.17, 15) is 12.8 Å². The van der Waals surface area contributed by atoms with E-state index in [1.165, 1.54) is 23.8 Å². The lowest BCUT2D eigenvalue weighted by Crippen LogP contribution is -2.34. The fourth-order valence-electron chi connectivity index (χ4n) is 5.70. The van der Waals surface area contributed by atoms with Gasteiger partial charge in [-0.05, 0) is 71.0 Å². The Labute approximate surface area is 273 Å². The molecule has 0 spiro atoms. The fourth-order valence-corrected chi connectivity index (χ4v) is 6.78. The molecule has 7 nitrogen and oxygen atoms in total. The molecule has 0 bridgehead atoms. The number of rotatable bonds is 14. The summed E-state index contributed by atoms with van der Waals surface area (Å²) < 4.78 is 49.2. The number of nitrogens with one attached hydrogen (secondary N) is 4. The van der Waals surface area contributed by atoms with Crippen LogP contribution in [0.5, 0.6) is 5.75 Å². The molecule has 1 aliphatic rings. The number of sulfonamides is 1. The number of halogens is 1. The molecule has 0 aliphatic carbocycles. The van der Waals surface area contributed by atoms with Crippen LogP contribution in [0.4, 0.5) is 4.39 Å². The third-order valence-electron chi connectivity index (χ3n) is 7.87. The van der Waals surface area contributed by atoms with Gasteiger partial charge in [-0.2, -0.15) is 0 Å². The molecule has 1 heterocycles. The van der Waals surface area contributed by atoms with E-state index in [0.717, 1.165) is 44.1 Å². The van der Waals surface area contributed by atoms with Crippen LogP contribution in [0.3, 0.4) is 0 Å². The zero-order chi connectivity index (χ0) is 33.5. The average molecular weight is 647 g/mol. The van der Waals surface area contributed by atoms with Gasteiger partial charge in [0.2, 0.25) is 10.0 Å². The maximum Gasteiger partial charge on any atom is 0.240 e. The van der Waals surface area contributed by atoms with Gasteiger partial charge in [0.25, 0.3) is 0 Å². The van der Waals surface area contributed by atoms with Crippen LogP contribution < -0.4 is 25.2 Å². The quantitative estimate of drug-likeness (QED) is 0.144. The fraction of sp³-hybridized carbons (Fsp3) is 0.405. The Morgan fingerprint density at radius 2 is 1.63 bits per heavy atom. The van der Waals surface area contributed by atoms with Crippen LogP contribution in [0.15, 0.2) is 59.5 Å². The van der Waals surface area contributed by atoms with Gasteiger partial charge in [0.15, 0.2) is 0 Å². The van der Waals surface area contributed by atoms with Crippen molar-refractivity contribution in [3.63, 3.8) is 0 Å². The van der Waals surface area contributed by atoms with E-state index in [1.54, 1.807) is 18.2 Å². The normalized spacial score (nSPS) is 14.3. The Balaban J connectivity index is 1.90. The van der Waals surface area contributed by atoms with E-state index in [4.69, 9.17) is 15.6 Å². The monoisotopic (exact) mass is 646 g/mol. The van der Waals surface area contributed by atoms with Crippen molar-refractivity contribution >= 4 is 33.5 Å². The predicted molar refractivity (Wildman–Crippen MR) is 186 cm³/mol. The maximum atomic E-state index is 14.1.